The largest absolute Gasteiger partial charge is 0.444 e. The summed E-state index contributed by atoms with van der Waals surface area (Å²) in [7, 11) is 3.98. The summed E-state index contributed by atoms with van der Waals surface area (Å²) < 4.78 is 5.90. The van der Waals surface area contributed by atoms with Crippen molar-refractivity contribution in [3.63, 3.8) is 0 Å². The maximum Gasteiger partial charge on any atom is 0.208 e. The smallest absolute Gasteiger partial charge is 0.208 e. The Labute approximate surface area is 148 Å². The fourth-order valence-electron chi connectivity index (χ4n) is 3.62. The summed E-state index contributed by atoms with van der Waals surface area (Å²) in [4.78, 5) is 17.7. The van der Waals surface area contributed by atoms with E-state index in [0.29, 0.717) is 6.04 Å². The first kappa shape index (κ1) is 16.3. The molecule has 2 aromatic heterocycles. The van der Waals surface area contributed by atoms with Crippen LogP contribution in [-0.4, -0.2) is 53.1 Å². The molecule has 2 aliphatic rings. The highest BCUT2D eigenvalue weighted by Gasteiger charge is 2.23. The maximum atomic E-state index is 5.90. The van der Waals surface area contributed by atoms with E-state index in [1.54, 1.807) is 6.33 Å². The van der Waals surface area contributed by atoms with E-state index in [4.69, 9.17) is 4.42 Å². The second kappa shape index (κ2) is 7.00. The summed E-state index contributed by atoms with van der Waals surface area (Å²) in [6, 6.07) is 2.46. The number of nitrogens with zero attached hydrogens (tertiary/aromatic N) is 5. The minimum Gasteiger partial charge on any atom is -0.444 e. The van der Waals surface area contributed by atoms with Crippen molar-refractivity contribution in [2.24, 2.45) is 0 Å². The summed E-state index contributed by atoms with van der Waals surface area (Å²) in [6.07, 6.45) is 7.15. The predicted octanol–water partition coefficient (Wildman–Crippen LogP) is 2.10. The van der Waals surface area contributed by atoms with Gasteiger partial charge in [0.2, 0.25) is 5.89 Å². The lowest BCUT2D eigenvalue weighted by Gasteiger charge is -2.31. The Kier molecular flexibility index (Phi) is 4.57. The van der Waals surface area contributed by atoms with Crippen LogP contribution in [0.5, 0.6) is 0 Å². The molecule has 0 aromatic carbocycles. The number of oxazole rings is 1. The molecule has 7 heteroatoms. The standard InChI is InChI=1S/C18H26N6O/c1-23(2)17-10-16(19-12-20-17)21-13-6-8-24(9-7-13)11-18-22-14-4-3-5-15(14)25-18/h10,12-13H,3-9,11H2,1-2H3,(H,19,20,21). The van der Waals surface area contributed by atoms with Gasteiger partial charge in [-0.3, -0.25) is 4.90 Å². The fraction of sp³-hybridized carbons (Fsp3) is 0.611. The molecule has 1 aliphatic heterocycles. The molecular formula is C18H26N6O. The zero-order valence-corrected chi connectivity index (χ0v) is 15.0. The monoisotopic (exact) mass is 342 g/mol. The van der Waals surface area contributed by atoms with Crippen LogP contribution in [-0.2, 0) is 19.4 Å². The Bertz CT molecular complexity index is 699. The average Bonchev–Trinajstić information content (AvgIpc) is 3.18. The number of hydrogen-bond donors (Lipinski definition) is 1. The van der Waals surface area contributed by atoms with E-state index in [0.717, 1.165) is 68.6 Å². The Morgan fingerprint density at radius 1 is 1.24 bits per heavy atom. The molecule has 1 aliphatic carbocycles. The third-order valence-electron chi connectivity index (χ3n) is 5.05. The number of rotatable bonds is 5. The number of aryl methyl sites for hydroxylation is 2. The van der Waals surface area contributed by atoms with Crippen LogP contribution in [0.1, 0.15) is 36.6 Å². The lowest BCUT2D eigenvalue weighted by molar-refractivity contribution is 0.192. The third kappa shape index (κ3) is 3.76. The second-order valence-electron chi connectivity index (χ2n) is 7.18. The molecule has 7 nitrogen and oxygen atoms in total. The summed E-state index contributed by atoms with van der Waals surface area (Å²) >= 11 is 0. The Balaban J connectivity index is 1.28. The first-order valence-corrected chi connectivity index (χ1v) is 9.13. The maximum absolute atomic E-state index is 5.90. The van der Waals surface area contributed by atoms with Crippen molar-refractivity contribution < 1.29 is 4.42 Å². The van der Waals surface area contributed by atoms with E-state index >= 15 is 0 Å². The van der Waals surface area contributed by atoms with Gasteiger partial charge in [0.15, 0.2) is 0 Å². The predicted molar refractivity (Wildman–Crippen MR) is 96.8 cm³/mol. The molecule has 0 unspecified atom stereocenters. The SMILES string of the molecule is CN(C)c1cc(NC2CCN(Cc3nc4c(o3)CCC4)CC2)ncn1. The molecule has 2 aromatic rings. The highest BCUT2D eigenvalue weighted by atomic mass is 16.4. The molecular weight excluding hydrogens is 316 g/mol. The summed E-state index contributed by atoms with van der Waals surface area (Å²) in [5.74, 6) is 3.84. The number of piperidine rings is 1. The van der Waals surface area contributed by atoms with Crippen molar-refractivity contribution in [2.75, 3.05) is 37.4 Å². The Hall–Kier alpha value is -2.15. The molecule has 1 N–H and O–H groups in total. The van der Waals surface area contributed by atoms with Crippen molar-refractivity contribution in [1.29, 1.82) is 0 Å². The van der Waals surface area contributed by atoms with Gasteiger partial charge in [-0.25, -0.2) is 15.0 Å². The van der Waals surface area contributed by atoms with E-state index in [1.165, 1.54) is 12.1 Å². The van der Waals surface area contributed by atoms with E-state index in [1.807, 2.05) is 25.1 Å². The highest BCUT2D eigenvalue weighted by Crippen LogP contribution is 2.24. The molecule has 1 saturated heterocycles. The van der Waals surface area contributed by atoms with Gasteiger partial charge >= 0.3 is 0 Å². The fourth-order valence-corrected chi connectivity index (χ4v) is 3.62. The molecule has 0 radical (unpaired) electrons. The summed E-state index contributed by atoms with van der Waals surface area (Å²) in [5, 5.41) is 3.55. The number of anilines is 2. The Morgan fingerprint density at radius 3 is 2.84 bits per heavy atom. The number of nitrogens with one attached hydrogen (secondary N) is 1. The van der Waals surface area contributed by atoms with Crippen molar-refractivity contribution in [1.82, 2.24) is 19.9 Å². The van der Waals surface area contributed by atoms with Gasteiger partial charge in [-0.15, -0.1) is 0 Å². The zero-order valence-electron chi connectivity index (χ0n) is 15.0. The van der Waals surface area contributed by atoms with Crippen LogP contribution < -0.4 is 10.2 Å². The molecule has 0 atom stereocenters. The lowest BCUT2D eigenvalue weighted by Crippen LogP contribution is -2.38. The minimum absolute atomic E-state index is 0.454. The zero-order chi connectivity index (χ0) is 17.2. The van der Waals surface area contributed by atoms with Crippen LogP contribution in [0.2, 0.25) is 0 Å². The number of likely N-dealkylation sites (tertiary alicyclic amines) is 1. The van der Waals surface area contributed by atoms with Gasteiger partial charge in [-0.2, -0.15) is 0 Å². The topological polar surface area (TPSA) is 70.3 Å². The van der Waals surface area contributed by atoms with Crippen LogP contribution in [0.4, 0.5) is 11.6 Å². The van der Waals surface area contributed by atoms with Crippen molar-refractivity contribution in [2.45, 2.75) is 44.7 Å². The van der Waals surface area contributed by atoms with Crippen molar-refractivity contribution >= 4 is 11.6 Å². The van der Waals surface area contributed by atoms with E-state index in [2.05, 4.69) is 25.2 Å². The average molecular weight is 342 g/mol. The van der Waals surface area contributed by atoms with Crippen LogP contribution in [0.15, 0.2) is 16.8 Å². The molecule has 0 saturated carbocycles. The number of aromatic nitrogens is 3. The summed E-state index contributed by atoms with van der Waals surface area (Å²) in [5.41, 5.74) is 1.19. The van der Waals surface area contributed by atoms with Crippen molar-refractivity contribution in [3.05, 3.63) is 29.7 Å². The molecule has 25 heavy (non-hydrogen) atoms. The molecule has 0 spiro atoms. The van der Waals surface area contributed by atoms with Gasteiger partial charge in [0, 0.05) is 45.7 Å². The molecule has 134 valence electrons. The van der Waals surface area contributed by atoms with Gasteiger partial charge in [-0.05, 0) is 25.7 Å². The highest BCUT2D eigenvalue weighted by molar-refractivity contribution is 5.47. The first-order chi connectivity index (χ1) is 12.2. The van der Waals surface area contributed by atoms with Gasteiger partial charge < -0.3 is 14.6 Å². The van der Waals surface area contributed by atoms with Crippen LogP contribution in [0, 0.1) is 0 Å². The van der Waals surface area contributed by atoms with Crippen LogP contribution in [0.3, 0.4) is 0 Å². The van der Waals surface area contributed by atoms with Gasteiger partial charge in [-0.1, -0.05) is 0 Å². The summed E-state index contributed by atoms with van der Waals surface area (Å²) in [6.45, 7) is 2.94. The molecule has 4 rings (SSSR count). The lowest BCUT2D eigenvalue weighted by atomic mass is 10.1. The molecule has 1 fully saturated rings. The quantitative estimate of drug-likeness (QED) is 0.892. The van der Waals surface area contributed by atoms with Crippen LogP contribution >= 0.6 is 0 Å². The second-order valence-corrected chi connectivity index (χ2v) is 7.18. The number of fused-ring (bicyclic) bond motifs is 1. The van der Waals surface area contributed by atoms with Crippen LogP contribution in [0.25, 0.3) is 0 Å². The third-order valence-corrected chi connectivity index (χ3v) is 5.05. The van der Waals surface area contributed by atoms with Gasteiger partial charge in [0.25, 0.3) is 0 Å². The normalized spacial score (nSPS) is 18.3. The molecule has 3 heterocycles. The van der Waals surface area contributed by atoms with E-state index < -0.39 is 0 Å². The van der Waals surface area contributed by atoms with Gasteiger partial charge in [0.1, 0.15) is 23.7 Å². The minimum atomic E-state index is 0.454. The molecule has 0 bridgehead atoms. The van der Waals surface area contributed by atoms with Gasteiger partial charge in [0.05, 0.1) is 12.2 Å². The van der Waals surface area contributed by atoms with Crippen molar-refractivity contribution in [3.8, 4) is 0 Å². The first-order valence-electron chi connectivity index (χ1n) is 9.13. The number of hydrogen-bond acceptors (Lipinski definition) is 7. The van der Waals surface area contributed by atoms with E-state index in [-0.39, 0.29) is 0 Å². The van der Waals surface area contributed by atoms with E-state index in [9.17, 15) is 0 Å². The molecule has 0 amide bonds. The Morgan fingerprint density at radius 2 is 2.08 bits per heavy atom.